The highest BCUT2D eigenvalue weighted by atomic mass is 16.5. The first-order valence-electron chi connectivity index (χ1n) is 4.95. The molecule has 4 heteroatoms. The summed E-state index contributed by atoms with van der Waals surface area (Å²) in [4.78, 5) is 0. The third-order valence-corrected chi connectivity index (χ3v) is 2.35. The number of ether oxygens (including phenoxy) is 2. The largest absolute Gasteiger partial charge is 0.502 e. The highest BCUT2D eigenvalue weighted by molar-refractivity contribution is 5.53. The maximum atomic E-state index is 9.71. The molecule has 4 nitrogen and oxygen atoms in total. The molecule has 3 N–H and O–H groups in total. The minimum absolute atomic E-state index is 0.0143. The Hall–Kier alpha value is -1.68. The van der Waals surface area contributed by atoms with Crippen molar-refractivity contribution in [2.45, 2.75) is 12.5 Å². The molecule has 0 saturated carbocycles. The summed E-state index contributed by atoms with van der Waals surface area (Å²) in [5.74, 6) is 0.697. The van der Waals surface area contributed by atoms with Crippen molar-refractivity contribution in [1.82, 2.24) is 0 Å². The molecule has 1 aromatic carbocycles. The Morgan fingerprint density at radius 2 is 1.88 bits per heavy atom. The maximum absolute atomic E-state index is 9.71. The Labute approximate surface area is 95.3 Å². The molecule has 0 heterocycles. The van der Waals surface area contributed by atoms with Crippen LogP contribution in [0.5, 0.6) is 17.2 Å². The van der Waals surface area contributed by atoms with Gasteiger partial charge in [-0.2, -0.15) is 0 Å². The summed E-state index contributed by atoms with van der Waals surface area (Å²) in [6.45, 7) is 3.64. The van der Waals surface area contributed by atoms with Crippen LogP contribution in [0.1, 0.15) is 18.0 Å². The van der Waals surface area contributed by atoms with Gasteiger partial charge in [-0.1, -0.05) is 6.08 Å². The van der Waals surface area contributed by atoms with E-state index in [4.69, 9.17) is 15.2 Å². The van der Waals surface area contributed by atoms with Gasteiger partial charge in [-0.25, -0.2) is 0 Å². The molecule has 0 amide bonds. The van der Waals surface area contributed by atoms with E-state index < -0.39 is 0 Å². The van der Waals surface area contributed by atoms with Gasteiger partial charge in [-0.05, 0) is 24.1 Å². The number of hydrogen-bond acceptors (Lipinski definition) is 4. The van der Waals surface area contributed by atoms with Crippen molar-refractivity contribution in [3.8, 4) is 17.2 Å². The fourth-order valence-electron chi connectivity index (χ4n) is 1.44. The van der Waals surface area contributed by atoms with Crippen molar-refractivity contribution in [1.29, 1.82) is 0 Å². The molecule has 0 aromatic heterocycles. The van der Waals surface area contributed by atoms with Crippen LogP contribution < -0.4 is 15.2 Å². The summed E-state index contributed by atoms with van der Waals surface area (Å²) in [5.41, 5.74) is 6.78. The zero-order valence-electron chi connectivity index (χ0n) is 9.56. The number of rotatable bonds is 5. The van der Waals surface area contributed by atoms with E-state index in [1.807, 2.05) is 0 Å². The standard InChI is InChI=1S/C12H17NO3/c1-4-5-9(13)8-6-10(15-2)12(14)11(7-8)16-3/h4,6-7,9,14H,1,5,13H2,2-3H3/t9-/m1/s1. The molecule has 0 aliphatic heterocycles. The van der Waals surface area contributed by atoms with E-state index in [9.17, 15) is 5.11 Å². The molecular weight excluding hydrogens is 206 g/mol. The molecule has 0 saturated heterocycles. The van der Waals surface area contributed by atoms with Gasteiger partial charge in [0.15, 0.2) is 11.5 Å². The molecular formula is C12H17NO3. The van der Waals surface area contributed by atoms with Gasteiger partial charge >= 0.3 is 0 Å². The Morgan fingerprint density at radius 3 is 2.25 bits per heavy atom. The van der Waals surface area contributed by atoms with Crippen LogP contribution in [-0.4, -0.2) is 19.3 Å². The van der Waals surface area contributed by atoms with E-state index in [-0.39, 0.29) is 11.8 Å². The van der Waals surface area contributed by atoms with Crippen molar-refractivity contribution in [3.05, 3.63) is 30.4 Å². The number of nitrogens with two attached hydrogens (primary N) is 1. The first-order chi connectivity index (χ1) is 7.63. The third kappa shape index (κ3) is 2.46. The van der Waals surface area contributed by atoms with Gasteiger partial charge in [0, 0.05) is 6.04 Å². The lowest BCUT2D eigenvalue weighted by atomic mass is 10.0. The summed E-state index contributed by atoms with van der Waals surface area (Å²) in [7, 11) is 2.97. The van der Waals surface area contributed by atoms with Gasteiger partial charge in [0.05, 0.1) is 14.2 Å². The van der Waals surface area contributed by atoms with Crippen LogP contribution in [0.3, 0.4) is 0 Å². The van der Waals surface area contributed by atoms with Crippen molar-refractivity contribution in [3.63, 3.8) is 0 Å². The first kappa shape index (κ1) is 12.4. The number of benzene rings is 1. The molecule has 0 spiro atoms. The lowest BCUT2D eigenvalue weighted by Crippen LogP contribution is -2.09. The number of methoxy groups -OCH3 is 2. The van der Waals surface area contributed by atoms with Crippen LogP contribution in [-0.2, 0) is 0 Å². The molecule has 1 atom stereocenters. The van der Waals surface area contributed by atoms with Gasteiger partial charge in [0.25, 0.3) is 0 Å². The van der Waals surface area contributed by atoms with Crippen molar-refractivity contribution >= 4 is 0 Å². The van der Waals surface area contributed by atoms with Crippen LogP contribution in [0.15, 0.2) is 24.8 Å². The second kappa shape index (κ2) is 5.42. The molecule has 0 aliphatic rings. The van der Waals surface area contributed by atoms with Crippen molar-refractivity contribution < 1.29 is 14.6 Å². The predicted molar refractivity (Wildman–Crippen MR) is 63.0 cm³/mol. The average Bonchev–Trinajstić information content (AvgIpc) is 2.29. The van der Waals surface area contributed by atoms with Gasteiger partial charge in [0.1, 0.15) is 0 Å². The van der Waals surface area contributed by atoms with E-state index in [0.717, 1.165) is 5.56 Å². The lowest BCUT2D eigenvalue weighted by molar-refractivity contribution is 0.338. The fraction of sp³-hybridized carbons (Fsp3) is 0.333. The molecule has 0 aliphatic carbocycles. The number of phenolic OH excluding ortho intramolecular Hbond substituents is 1. The van der Waals surface area contributed by atoms with Gasteiger partial charge < -0.3 is 20.3 Å². The molecule has 1 rings (SSSR count). The molecule has 0 fully saturated rings. The summed E-state index contributed by atoms with van der Waals surface area (Å²) >= 11 is 0. The second-order valence-electron chi connectivity index (χ2n) is 3.40. The summed E-state index contributed by atoms with van der Waals surface area (Å²) < 4.78 is 10.1. The van der Waals surface area contributed by atoms with E-state index in [1.54, 1.807) is 18.2 Å². The lowest BCUT2D eigenvalue weighted by Gasteiger charge is -2.14. The molecule has 0 bridgehead atoms. The smallest absolute Gasteiger partial charge is 0.200 e. The molecule has 1 aromatic rings. The van der Waals surface area contributed by atoms with E-state index in [2.05, 4.69) is 6.58 Å². The summed E-state index contributed by atoms with van der Waals surface area (Å²) in [6.07, 6.45) is 2.40. The Balaban J connectivity index is 3.15. The third-order valence-electron chi connectivity index (χ3n) is 2.35. The zero-order valence-corrected chi connectivity index (χ0v) is 9.56. The van der Waals surface area contributed by atoms with E-state index >= 15 is 0 Å². The molecule has 0 unspecified atom stereocenters. The first-order valence-corrected chi connectivity index (χ1v) is 4.95. The molecule has 16 heavy (non-hydrogen) atoms. The summed E-state index contributed by atoms with van der Waals surface area (Å²) in [5, 5.41) is 9.71. The quantitative estimate of drug-likeness (QED) is 0.749. The van der Waals surface area contributed by atoms with Crippen LogP contribution in [0.25, 0.3) is 0 Å². The highest BCUT2D eigenvalue weighted by Crippen LogP contribution is 2.38. The van der Waals surface area contributed by atoms with Gasteiger partial charge in [0.2, 0.25) is 5.75 Å². The SMILES string of the molecule is C=CC[C@@H](N)c1cc(OC)c(O)c(OC)c1. The number of hydrogen-bond donors (Lipinski definition) is 2. The fourth-order valence-corrected chi connectivity index (χ4v) is 1.44. The Kier molecular flexibility index (Phi) is 4.19. The number of aromatic hydroxyl groups is 1. The minimum atomic E-state index is -0.180. The highest BCUT2D eigenvalue weighted by Gasteiger charge is 2.14. The van der Waals surface area contributed by atoms with E-state index in [0.29, 0.717) is 17.9 Å². The maximum Gasteiger partial charge on any atom is 0.200 e. The molecule has 88 valence electrons. The summed E-state index contributed by atoms with van der Waals surface area (Å²) in [6, 6.07) is 3.22. The normalized spacial score (nSPS) is 11.9. The molecule has 0 radical (unpaired) electrons. The second-order valence-corrected chi connectivity index (χ2v) is 3.40. The Bertz CT molecular complexity index is 352. The number of phenols is 1. The van der Waals surface area contributed by atoms with Gasteiger partial charge in [-0.3, -0.25) is 0 Å². The van der Waals surface area contributed by atoms with Crippen molar-refractivity contribution in [2.24, 2.45) is 5.73 Å². The van der Waals surface area contributed by atoms with E-state index in [1.165, 1.54) is 14.2 Å². The Morgan fingerprint density at radius 1 is 1.38 bits per heavy atom. The van der Waals surface area contributed by atoms with Gasteiger partial charge in [-0.15, -0.1) is 6.58 Å². The van der Waals surface area contributed by atoms with Crippen LogP contribution in [0, 0.1) is 0 Å². The predicted octanol–water partition coefficient (Wildman–Crippen LogP) is 1.99. The monoisotopic (exact) mass is 223 g/mol. The minimum Gasteiger partial charge on any atom is -0.502 e. The van der Waals surface area contributed by atoms with Crippen molar-refractivity contribution in [2.75, 3.05) is 14.2 Å². The van der Waals surface area contributed by atoms with Crippen LogP contribution in [0.4, 0.5) is 0 Å². The van der Waals surface area contributed by atoms with Crippen LogP contribution >= 0.6 is 0 Å². The zero-order chi connectivity index (χ0) is 12.1. The van der Waals surface area contributed by atoms with Crippen LogP contribution in [0.2, 0.25) is 0 Å². The average molecular weight is 223 g/mol. The topological polar surface area (TPSA) is 64.7 Å².